The maximum absolute atomic E-state index is 12.4. The normalized spacial score (nSPS) is 18.7. The number of hydrogen-bond acceptors (Lipinski definition) is 4. The van der Waals surface area contributed by atoms with E-state index in [4.69, 9.17) is 4.74 Å². The number of anilines is 1. The van der Waals surface area contributed by atoms with Crippen LogP contribution in [0.3, 0.4) is 0 Å². The molecule has 2 heterocycles. The number of carbonyl (C=O) groups is 1. The van der Waals surface area contributed by atoms with Crippen LogP contribution in [-0.4, -0.2) is 35.2 Å². The van der Waals surface area contributed by atoms with E-state index in [-0.39, 0.29) is 12.1 Å². The molecule has 21 heavy (non-hydrogen) atoms. The molecule has 2 rings (SSSR count). The first-order valence-electron chi connectivity index (χ1n) is 7.46. The van der Waals surface area contributed by atoms with Crippen LogP contribution >= 0.6 is 0 Å². The van der Waals surface area contributed by atoms with Gasteiger partial charge in [0, 0.05) is 19.8 Å². The van der Waals surface area contributed by atoms with E-state index in [1.54, 1.807) is 0 Å². The zero-order chi connectivity index (χ0) is 15.6. The number of aromatic nitrogens is 1. The monoisotopic (exact) mass is 291 g/mol. The van der Waals surface area contributed by atoms with Crippen LogP contribution in [0.15, 0.2) is 12.3 Å². The summed E-state index contributed by atoms with van der Waals surface area (Å²) in [5.74, 6) is 0.845. The highest BCUT2D eigenvalue weighted by molar-refractivity contribution is 5.69. The predicted octanol–water partition coefficient (Wildman–Crippen LogP) is 3.50. The zero-order valence-electron chi connectivity index (χ0n) is 13.6. The Hall–Kier alpha value is -1.78. The lowest BCUT2D eigenvalue weighted by atomic mass is 10.0. The fourth-order valence-electron chi connectivity index (χ4n) is 2.68. The third kappa shape index (κ3) is 3.65. The summed E-state index contributed by atoms with van der Waals surface area (Å²) in [6.45, 7) is 8.48. The number of hydrogen-bond donors (Lipinski definition) is 1. The molecule has 1 N–H and O–H groups in total. The van der Waals surface area contributed by atoms with E-state index in [9.17, 15) is 4.79 Å². The topological polar surface area (TPSA) is 54.5 Å². The number of amides is 1. The lowest BCUT2D eigenvalue weighted by Crippen LogP contribution is -2.36. The van der Waals surface area contributed by atoms with Gasteiger partial charge in [0.2, 0.25) is 0 Å². The minimum absolute atomic E-state index is 0.0678. The number of pyridine rings is 1. The van der Waals surface area contributed by atoms with Crippen LogP contribution in [0.1, 0.15) is 50.8 Å². The summed E-state index contributed by atoms with van der Waals surface area (Å²) in [5.41, 5.74) is 1.79. The minimum Gasteiger partial charge on any atom is -0.444 e. The minimum atomic E-state index is -0.465. The molecule has 0 bridgehead atoms. The van der Waals surface area contributed by atoms with E-state index in [1.165, 1.54) is 0 Å². The molecule has 1 saturated heterocycles. The molecular weight excluding hydrogens is 266 g/mol. The Bertz CT molecular complexity index is 523. The number of nitrogens with one attached hydrogen (secondary N) is 1. The van der Waals surface area contributed by atoms with Crippen LogP contribution in [0.4, 0.5) is 10.6 Å². The van der Waals surface area contributed by atoms with E-state index in [0.29, 0.717) is 0 Å². The van der Waals surface area contributed by atoms with Crippen LogP contribution in [-0.2, 0) is 4.74 Å². The van der Waals surface area contributed by atoms with Crippen molar-refractivity contribution in [1.29, 1.82) is 0 Å². The van der Waals surface area contributed by atoms with Gasteiger partial charge < -0.3 is 15.0 Å². The predicted molar refractivity (Wildman–Crippen MR) is 83.4 cm³/mol. The molecular formula is C16H25N3O2. The molecule has 1 aliphatic rings. The molecule has 0 saturated carbocycles. The van der Waals surface area contributed by atoms with Gasteiger partial charge in [-0.25, -0.2) is 9.78 Å². The number of likely N-dealkylation sites (tertiary alicyclic amines) is 1. The largest absolute Gasteiger partial charge is 0.444 e. The van der Waals surface area contributed by atoms with Crippen LogP contribution in [0.25, 0.3) is 0 Å². The standard InChI is InChI=1S/C16H25N3O2/c1-11-9-14(17-5)18-10-12(11)13-7-6-8-19(13)15(20)21-16(2,3)4/h9-10,13H,6-8H2,1-5H3,(H,17,18). The first-order chi connectivity index (χ1) is 9.81. The van der Waals surface area contributed by atoms with Gasteiger partial charge >= 0.3 is 6.09 Å². The molecule has 0 aliphatic carbocycles. The van der Waals surface area contributed by atoms with Crippen molar-refractivity contribution in [2.24, 2.45) is 0 Å². The molecule has 1 aromatic rings. The Kier molecular flexibility index (Phi) is 4.40. The van der Waals surface area contributed by atoms with Crippen molar-refractivity contribution >= 4 is 11.9 Å². The van der Waals surface area contributed by atoms with Gasteiger partial charge in [-0.05, 0) is 57.7 Å². The highest BCUT2D eigenvalue weighted by Gasteiger charge is 2.34. The van der Waals surface area contributed by atoms with E-state index in [2.05, 4.69) is 17.2 Å². The van der Waals surface area contributed by atoms with Crippen molar-refractivity contribution in [1.82, 2.24) is 9.88 Å². The molecule has 116 valence electrons. The summed E-state index contributed by atoms with van der Waals surface area (Å²) < 4.78 is 5.51. The fourth-order valence-corrected chi connectivity index (χ4v) is 2.68. The summed E-state index contributed by atoms with van der Waals surface area (Å²) in [7, 11) is 1.85. The van der Waals surface area contributed by atoms with Crippen molar-refractivity contribution in [2.75, 3.05) is 18.9 Å². The molecule has 1 aliphatic heterocycles. The fraction of sp³-hybridized carbons (Fsp3) is 0.625. The highest BCUT2D eigenvalue weighted by atomic mass is 16.6. The molecule has 1 fully saturated rings. The van der Waals surface area contributed by atoms with Crippen molar-refractivity contribution in [3.8, 4) is 0 Å². The van der Waals surface area contributed by atoms with Crippen molar-refractivity contribution < 1.29 is 9.53 Å². The van der Waals surface area contributed by atoms with Crippen LogP contribution in [0.5, 0.6) is 0 Å². The molecule has 0 spiro atoms. The van der Waals surface area contributed by atoms with E-state index in [1.807, 2.05) is 45.0 Å². The molecule has 0 radical (unpaired) electrons. The summed E-state index contributed by atoms with van der Waals surface area (Å²) in [4.78, 5) is 18.6. The number of nitrogens with zero attached hydrogens (tertiary/aromatic N) is 2. The van der Waals surface area contributed by atoms with Crippen LogP contribution in [0.2, 0.25) is 0 Å². The Morgan fingerprint density at radius 2 is 2.19 bits per heavy atom. The summed E-state index contributed by atoms with van der Waals surface area (Å²) in [6.07, 6.45) is 3.59. The van der Waals surface area contributed by atoms with Crippen molar-refractivity contribution in [3.63, 3.8) is 0 Å². The molecule has 1 amide bonds. The number of rotatable bonds is 2. The number of aryl methyl sites for hydroxylation is 1. The lowest BCUT2D eigenvalue weighted by molar-refractivity contribution is 0.0224. The Labute approximate surface area is 126 Å². The zero-order valence-corrected chi connectivity index (χ0v) is 13.6. The Morgan fingerprint density at radius 1 is 1.48 bits per heavy atom. The average molecular weight is 291 g/mol. The maximum atomic E-state index is 12.4. The molecule has 1 atom stereocenters. The second-order valence-corrected chi connectivity index (χ2v) is 6.51. The van der Waals surface area contributed by atoms with Gasteiger partial charge in [-0.3, -0.25) is 0 Å². The second-order valence-electron chi connectivity index (χ2n) is 6.51. The van der Waals surface area contributed by atoms with Crippen LogP contribution < -0.4 is 5.32 Å². The summed E-state index contributed by atoms with van der Waals surface area (Å²) in [6, 6.07) is 2.08. The smallest absolute Gasteiger partial charge is 0.410 e. The second kappa shape index (κ2) is 5.92. The summed E-state index contributed by atoms with van der Waals surface area (Å²) in [5, 5.41) is 3.03. The SMILES string of the molecule is CNc1cc(C)c(C2CCCN2C(=O)OC(C)(C)C)cn1. The highest BCUT2D eigenvalue weighted by Crippen LogP contribution is 2.34. The Balaban J connectivity index is 2.20. The molecule has 5 heteroatoms. The van der Waals surface area contributed by atoms with Gasteiger partial charge in [0.1, 0.15) is 11.4 Å². The van der Waals surface area contributed by atoms with Gasteiger partial charge in [0.05, 0.1) is 6.04 Å². The molecule has 1 aromatic heterocycles. The first kappa shape index (κ1) is 15.6. The van der Waals surface area contributed by atoms with E-state index in [0.717, 1.165) is 36.3 Å². The number of ether oxygens (including phenoxy) is 1. The summed E-state index contributed by atoms with van der Waals surface area (Å²) >= 11 is 0. The maximum Gasteiger partial charge on any atom is 0.410 e. The van der Waals surface area contributed by atoms with E-state index < -0.39 is 5.60 Å². The third-order valence-corrected chi connectivity index (χ3v) is 3.65. The van der Waals surface area contributed by atoms with Gasteiger partial charge in [-0.2, -0.15) is 0 Å². The number of carbonyl (C=O) groups excluding carboxylic acids is 1. The van der Waals surface area contributed by atoms with Crippen molar-refractivity contribution in [3.05, 3.63) is 23.4 Å². The molecule has 0 aromatic carbocycles. The van der Waals surface area contributed by atoms with Gasteiger partial charge in [-0.1, -0.05) is 0 Å². The Morgan fingerprint density at radius 3 is 2.76 bits per heavy atom. The van der Waals surface area contributed by atoms with Gasteiger partial charge in [0.15, 0.2) is 0 Å². The quantitative estimate of drug-likeness (QED) is 0.906. The van der Waals surface area contributed by atoms with Gasteiger partial charge in [-0.15, -0.1) is 0 Å². The molecule has 1 unspecified atom stereocenters. The van der Waals surface area contributed by atoms with Crippen molar-refractivity contribution in [2.45, 2.75) is 52.2 Å². The third-order valence-electron chi connectivity index (χ3n) is 3.65. The van der Waals surface area contributed by atoms with Crippen LogP contribution in [0, 0.1) is 6.92 Å². The average Bonchev–Trinajstić information content (AvgIpc) is 2.85. The van der Waals surface area contributed by atoms with E-state index >= 15 is 0 Å². The molecule has 5 nitrogen and oxygen atoms in total. The first-order valence-corrected chi connectivity index (χ1v) is 7.46. The lowest BCUT2D eigenvalue weighted by Gasteiger charge is -2.29. The van der Waals surface area contributed by atoms with Gasteiger partial charge in [0.25, 0.3) is 0 Å².